The molecule has 0 unspecified atom stereocenters. The molecular formula is C22H22F4N4O2. The number of halogens is 4. The van der Waals surface area contributed by atoms with Gasteiger partial charge in [-0.2, -0.15) is 0 Å². The molecule has 170 valence electrons. The molecule has 0 aliphatic rings. The molecule has 0 bridgehead atoms. The van der Waals surface area contributed by atoms with Gasteiger partial charge < -0.3 is 10.2 Å². The van der Waals surface area contributed by atoms with Gasteiger partial charge in [0.2, 0.25) is 5.43 Å². The van der Waals surface area contributed by atoms with Crippen LogP contribution in [0.1, 0.15) is 24.2 Å². The van der Waals surface area contributed by atoms with Crippen LogP contribution in [0.25, 0.3) is 16.7 Å². The first-order valence-electron chi connectivity index (χ1n) is 9.79. The van der Waals surface area contributed by atoms with Crippen LogP contribution in [-0.4, -0.2) is 42.0 Å². The Balaban J connectivity index is 2.27. The van der Waals surface area contributed by atoms with Crippen LogP contribution in [0.15, 0.2) is 41.3 Å². The summed E-state index contributed by atoms with van der Waals surface area (Å²) in [5.41, 5.74) is -1.35. The molecule has 6 nitrogen and oxygen atoms in total. The van der Waals surface area contributed by atoms with Gasteiger partial charge in [0.1, 0.15) is 23.0 Å². The van der Waals surface area contributed by atoms with Crippen LogP contribution in [0.3, 0.4) is 0 Å². The Bertz CT molecular complexity index is 1220. The molecule has 2 aromatic heterocycles. The number of pyridine rings is 2. The average molecular weight is 450 g/mol. The van der Waals surface area contributed by atoms with E-state index in [1.807, 2.05) is 0 Å². The van der Waals surface area contributed by atoms with E-state index in [1.54, 1.807) is 19.0 Å². The third kappa shape index (κ3) is 4.44. The molecule has 2 heterocycles. The van der Waals surface area contributed by atoms with E-state index in [4.69, 9.17) is 0 Å². The van der Waals surface area contributed by atoms with Crippen LogP contribution in [0.5, 0.6) is 0 Å². The molecule has 32 heavy (non-hydrogen) atoms. The second-order valence-electron chi connectivity index (χ2n) is 7.85. The number of alkyl halides is 2. The minimum absolute atomic E-state index is 0.0230. The summed E-state index contributed by atoms with van der Waals surface area (Å²) in [7, 11) is 3.43. The molecular weight excluding hydrogens is 428 g/mol. The van der Waals surface area contributed by atoms with Crippen LogP contribution >= 0.6 is 0 Å². The smallest absolute Gasteiger partial charge is 0.258 e. The maximum atomic E-state index is 14.6. The summed E-state index contributed by atoms with van der Waals surface area (Å²) in [4.78, 5) is 31.8. The van der Waals surface area contributed by atoms with E-state index in [0.29, 0.717) is 11.9 Å². The minimum atomic E-state index is -2.85. The quantitative estimate of drug-likeness (QED) is 0.581. The highest BCUT2D eigenvalue weighted by molar-refractivity contribution is 5.97. The lowest BCUT2D eigenvalue weighted by atomic mass is 10.0. The molecule has 0 aliphatic heterocycles. The number of anilines is 1. The van der Waals surface area contributed by atoms with E-state index in [9.17, 15) is 27.2 Å². The van der Waals surface area contributed by atoms with Gasteiger partial charge in [0.15, 0.2) is 5.65 Å². The van der Waals surface area contributed by atoms with E-state index in [0.717, 1.165) is 22.9 Å². The Morgan fingerprint density at radius 2 is 1.81 bits per heavy atom. The lowest BCUT2D eigenvalue weighted by Crippen LogP contribution is -2.45. The lowest BCUT2D eigenvalue weighted by molar-refractivity contribution is 0.0628. The molecule has 0 radical (unpaired) electrons. The number of hydrogen-bond donors (Lipinski definition) is 1. The Hall–Kier alpha value is -3.43. The molecule has 1 aromatic carbocycles. The van der Waals surface area contributed by atoms with Crippen LogP contribution < -0.4 is 15.6 Å². The normalized spacial score (nSPS) is 12.4. The van der Waals surface area contributed by atoms with Crippen molar-refractivity contribution in [1.82, 2.24) is 14.9 Å². The zero-order valence-electron chi connectivity index (χ0n) is 17.9. The van der Waals surface area contributed by atoms with Crippen molar-refractivity contribution in [3.63, 3.8) is 0 Å². The van der Waals surface area contributed by atoms with Gasteiger partial charge in [-0.05, 0) is 30.2 Å². The van der Waals surface area contributed by atoms with Crippen molar-refractivity contribution in [1.29, 1.82) is 0 Å². The molecule has 1 N–H and O–H groups in total. The lowest BCUT2D eigenvalue weighted by Gasteiger charge is -2.22. The predicted octanol–water partition coefficient (Wildman–Crippen LogP) is 3.75. The van der Waals surface area contributed by atoms with Crippen molar-refractivity contribution in [3.05, 3.63) is 63.9 Å². The zero-order valence-corrected chi connectivity index (χ0v) is 17.9. The monoisotopic (exact) mass is 450 g/mol. The fraction of sp³-hybridized carbons (Fsp3) is 0.318. The molecule has 10 heteroatoms. The topological polar surface area (TPSA) is 67.2 Å². The number of rotatable bonds is 6. The SMILES string of the molecule is CC(C)[C@H](NC(=O)c1cn(-c2ccc(F)cc2F)c2nc(N(C)C)ccc2c1=O)C(F)F. The van der Waals surface area contributed by atoms with Crippen molar-refractivity contribution in [2.45, 2.75) is 26.3 Å². The van der Waals surface area contributed by atoms with E-state index in [1.165, 1.54) is 26.0 Å². The van der Waals surface area contributed by atoms with E-state index in [-0.39, 0.29) is 16.7 Å². The van der Waals surface area contributed by atoms with Gasteiger partial charge in [-0.25, -0.2) is 22.5 Å². The molecule has 0 spiro atoms. The first kappa shape index (κ1) is 23.2. The number of carbonyl (C=O) groups excluding carboxylic acids is 1. The summed E-state index contributed by atoms with van der Waals surface area (Å²) in [6.07, 6.45) is -1.81. The second-order valence-corrected chi connectivity index (χ2v) is 7.85. The third-order valence-corrected chi connectivity index (χ3v) is 5.00. The van der Waals surface area contributed by atoms with Crippen LogP contribution in [0, 0.1) is 17.6 Å². The van der Waals surface area contributed by atoms with Crippen molar-refractivity contribution < 1.29 is 22.4 Å². The van der Waals surface area contributed by atoms with Gasteiger partial charge in [-0.15, -0.1) is 0 Å². The van der Waals surface area contributed by atoms with Gasteiger partial charge in [0, 0.05) is 26.4 Å². The van der Waals surface area contributed by atoms with Crippen molar-refractivity contribution in [2.75, 3.05) is 19.0 Å². The molecule has 0 saturated heterocycles. The third-order valence-electron chi connectivity index (χ3n) is 5.00. The van der Waals surface area contributed by atoms with E-state index in [2.05, 4.69) is 10.3 Å². The van der Waals surface area contributed by atoms with E-state index >= 15 is 0 Å². The summed E-state index contributed by atoms with van der Waals surface area (Å²) in [6.45, 7) is 3.02. The Kier molecular flexibility index (Phi) is 6.52. The number of hydrogen-bond acceptors (Lipinski definition) is 4. The molecule has 1 atom stereocenters. The maximum absolute atomic E-state index is 14.6. The Labute approximate surface area is 181 Å². The summed E-state index contributed by atoms with van der Waals surface area (Å²) in [5, 5.41) is 2.16. The summed E-state index contributed by atoms with van der Waals surface area (Å²) >= 11 is 0. The second kappa shape index (κ2) is 8.97. The predicted molar refractivity (Wildman–Crippen MR) is 114 cm³/mol. The summed E-state index contributed by atoms with van der Waals surface area (Å²) < 4.78 is 55.9. The fourth-order valence-electron chi connectivity index (χ4n) is 3.21. The highest BCUT2D eigenvalue weighted by atomic mass is 19.3. The summed E-state index contributed by atoms with van der Waals surface area (Å²) in [5.74, 6) is -2.94. The van der Waals surface area contributed by atoms with Crippen molar-refractivity contribution in [2.24, 2.45) is 5.92 Å². The largest absolute Gasteiger partial charge is 0.363 e. The molecule has 3 aromatic rings. The number of nitrogens with zero attached hydrogens (tertiary/aromatic N) is 3. The zero-order chi connectivity index (χ0) is 23.7. The first-order chi connectivity index (χ1) is 15.0. The highest BCUT2D eigenvalue weighted by Gasteiger charge is 2.28. The van der Waals surface area contributed by atoms with Crippen molar-refractivity contribution >= 4 is 22.8 Å². The first-order valence-corrected chi connectivity index (χ1v) is 9.79. The Morgan fingerprint density at radius 3 is 2.38 bits per heavy atom. The van der Waals surface area contributed by atoms with Gasteiger partial charge in [0.05, 0.1) is 17.1 Å². The average Bonchev–Trinajstić information content (AvgIpc) is 2.71. The molecule has 0 fully saturated rings. The highest BCUT2D eigenvalue weighted by Crippen LogP contribution is 2.22. The van der Waals surface area contributed by atoms with Gasteiger partial charge >= 0.3 is 0 Å². The number of carbonyl (C=O) groups is 1. The standard InChI is InChI=1S/C22H22F4N4O2/c1-11(2)18(20(25)26)28-22(32)14-10-30(16-7-5-12(23)9-15(16)24)21-13(19(14)31)6-8-17(27-21)29(3)4/h5-11,18,20H,1-4H3,(H,28,32)/t18-/m0/s1. The van der Waals surface area contributed by atoms with Crippen molar-refractivity contribution in [3.8, 4) is 5.69 Å². The van der Waals surface area contributed by atoms with Gasteiger partial charge in [0.25, 0.3) is 12.3 Å². The molecule has 0 aliphatic carbocycles. The Morgan fingerprint density at radius 1 is 1.12 bits per heavy atom. The minimum Gasteiger partial charge on any atom is -0.363 e. The number of nitrogens with one attached hydrogen (secondary N) is 1. The fourth-order valence-corrected chi connectivity index (χ4v) is 3.21. The molecule has 3 rings (SSSR count). The molecule has 1 amide bonds. The van der Waals surface area contributed by atoms with Gasteiger partial charge in [-0.1, -0.05) is 13.8 Å². The van der Waals surface area contributed by atoms with Crippen LogP contribution in [0.2, 0.25) is 0 Å². The van der Waals surface area contributed by atoms with E-state index < -0.39 is 46.9 Å². The van der Waals surface area contributed by atoms with Crippen LogP contribution in [0.4, 0.5) is 23.4 Å². The molecule has 0 saturated carbocycles. The number of fused-ring (bicyclic) bond motifs is 1. The number of amides is 1. The number of benzene rings is 1. The number of aromatic nitrogens is 2. The maximum Gasteiger partial charge on any atom is 0.258 e. The van der Waals surface area contributed by atoms with Gasteiger partial charge in [-0.3, -0.25) is 14.2 Å². The van der Waals surface area contributed by atoms with Crippen LogP contribution in [-0.2, 0) is 0 Å². The summed E-state index contributed by atoms with van der Waals surface area (Å²) in [6, 6.07) is 4.28.